The van der Waals surface area contributed by atoms with Crippen LogP contribution in [0.4, 0.5) is 5.69 Å². The van der Waals surface area contributed by atoms with E-state index >= 15 is 0 Å². The van der Waals surface area contributed by atoms with Crippen molar-refractivity contribution in [2.24, 2.45) is 5.73 Å². The molecular weight excluding hydrogens is 232 g/mol. The minimum Gasteiger partial charge on any atom is -0.398 e. The zero-order valence-corrected chi connectivity index (χ0v) is 12.2. The van der Waals surface area contributed by atoms with Crippen LogP contribution in [0.5, 0.6) is 0 Å². The molecule has 2 nitrogen and oxygen atoms in total. The van der Waals surface area contributed by atoms with Gasteiger partial charge in [0.1, 0.15) is 0 Å². The number of nitrogens with zero attached hydrogens (tertiary/aromatic N) is 1. The first-order valence-electron chi connectivity index (χ1n) is 6.80. The number of allylic oxidation sites excluding steroid dienone is 4. The molecule has 1 aromatic carbocycles. The summed E-state index contributed by atoms with van der Waals surface area (Å²) in [6, 6.07) is 10.5. The third-order valence-corrected chi connectivity index (χ3v) is 3.76. The van der Waals surface area contributed by atoms with Crippen molar-refractivity contribution in [1.29, 1.82) is 0 Å². The van der Waals surface area contributed by atoms with Crippen LogP contribution in [-0.2, 0) is 0 Å². The summed E-state index contributed by atoms with van der Waals surface area (Å²) in [5.74, 6) is 0. The molecule has 1 aromatic rings. The number of benzene rings is 1. The molecule has 0 atom stereocenters. The van der Waals surface area contributed by atoms with E-state index in [2.05, 4.69) is 62.9 Å². The largest absolute Gasteiger partial charge is 0.398 e. The molecular formula is C17H22N2. The van der Waals surface area contributed by atoms with Gasteiger partial charge < -0.3 is 10.6 Å². The summed E-state index contributed by atoms with van der Waals surface area (Å²) in [4.78, 5) is 2.32. The molecule has 0 fully saturated rings. The first-order valence-corrected chi connectivity index (χ1v) is 6.80. The van der Waals surface area contributed by atoms with E-state index in [0.29, 0.717) is 0 Å². The molecule has 100 valence electrons. The second kappa shape index (κ2) is 5.35. The summed E-state index contributed by atoms with van der Waals surface area (Å²) in [5.41, 5.74) is 13.2. The van der Waals surface area contributed by atoms with Crippen LogP contribution in [0.1, 0.15) is 34.1 Å². The standard InChI is InChI=1S/C17H22N2/c1-5-15-12(3)17(18)13(4)16(6-2)19(15)14-10-8-7-9-11-14/h5,7-11H,6,18H2,1-4H3/b15-5+. The summed E-state index contributed by atoms with van der Waals surface area (Å²) >= 11 is 0. The maximum atomic E-state index is 6.25. The topological polar surface area (TPSA) is 29.3 Å². The van der Waals surface area contributed by atoms with E-state index in [0.717, 1.165) is 17.7 Å². The lowest BCUT2D eigenvalue weighted by molar-refractivity contribution is 0.906. The van der Waals surface area contributed by atoms with Crippen LogP contribution in [0.2, 0.25) is 0 Å². The molecule has 1 aliphatic rings. The molecule has 0 aromatic heterocycles. The van der Waals surface area contributed by atoms with Crippen molar-refractivity contribution in [3.63, 3.8) is 0 Å². The van der Waals surface area contributed by atoms with Crippen molar-refractivity contribution in [1.82, 2.24) is 0 Å². The van der Waals surface area contributed by atoms with Gasteiger partial charge in [-0.2, -0.15) is 0 Å². The fourth-order valence-corrected chi connectivity index (χ4v) is 2.70. The SMILES string of the molecule is C/C=C1\C(C)=C(N)C(C)=C(CC)N1c1ccccc1. The van der Waals surface area contributed by atoms with E-state index in [1.165, 1.54) is 22.7 Å². The van der Waals surface area contributed by atoms with Crippen LogP contribution in [0.25, 0.3) is 0 Å². The van der Waals surface area contributed by atoms with Crippen molar-refractivity contribution >= 4 is 5.69 Å². The van der Waals surface area contributed by atoms with Crippen molar-refractivity contribution in [3.05, 3.63) is 64.6 Å². The van der Waals surface area contributed by atoms with Crippen LogP contribution < -0.4 is 10.6 Å². The zero-order valence-electron chi connectivity index (χ0n) is 12.2. The van der Waals surface area contributed by atoms with Gasteiger partial charge in [-0.05, 0) is 50.5 Å². The van der Waals surface area contributed by atoms with Crippen molar-refractivity contribution in [2.75, 3.05) is 4.90 Å². The fraction of sp³-hybridized carbons (Fsp3) is 0.294. The summed E-state index contributed by atoms with van der Waals surface area (Å²) in [6.07, 6.45) is 3.10. The van der Waals surface area contributed by atoms with Crippen LogP contribution in [0, 0.1) is 0 Å². The van der Waals surface area contributed by atoms with Gasteiger partial charge in [-0.15, -0.1) is 0 Å². The Balaban J connectivity index is 2.65. The van der Waals surface area contributed by atoms with E-state index in [4.69, 9.17) is 5.73 Å². The van der Waals surface area contributed by atoms with Gasteiger partial charge in [0.25, 0.3) is 0 Å². The van der Waals surface area contributed by atoms with E-state index in [-0.39, 0.29) is 0 Å². The Hall–Kier alpha value is -1.96. The molecule has 0 unspecified atom stereocenters. The number of nitrogens with two attached hydrogens (primary N) is 1. The van der Waals surface area contributed by atoms with Gasteiger partial charge in [0, 0.05) is 22.8 Å². The van der Waals surface area contributed by atoms with Gasteiger partial charge in [0.05, 0.1) is 0 Å². The Bertz CT molecular complexity index is 562. The molecule has 1 heterocycles. The van der Waals surface area contributed by atoms with Gasteiger partial charge in [-0.25, -0.2) is 0 Å². The molecule has 0 saturated heterocycles. The van der Waals surface area contributed by atoms with E-state index < -0.39 is 0 Å². The zero-order chi connectivity index (χ0) is 14.0. The Morgan fingerprint density at radius 2 is 1.74 bits per heavy atom. The molecule has 0 radical (unpaired) electrons. The highest BCUT2D eigenvalue weighted by molar-refractivity contribution is 5.68. The van der Waals surface area contributed by atoms with Gasteiger partial charge in [0.2, 0.25) is 0 Å². The van der Waals surface area contributed by atoms with Crippen LogP contribution in [0.3, 0.4) is 0 Å². The van der Waals surface area contributed by atoms with E-state index in [9.17, 15) is 0 Å². The second-order valence-electron chi connectivity index (χ2n) is 4.81. The van der Waals surface area contributed by atoms with Crippen molar-refractivity contribution in [2.45, 2.75) is 34.1 Å². The third kappa shape index (κ3) is 2.19. The predicted molar refractivity (Wildman–Crippen MR) is 82.6 cm³/mol. The lowest BCUT2D eigenvalue weighted by atomic mass is 9.96. The molecule has 0 spiro atoms. The molecule has 0 bridgehead atoms. The highest BCUT2D eigenvalue weighted by atomic mass is 15.2. The molecule has 2 N–H and O–H groups in total. The van der Waals surface area contributed by atoms with Gasteiger partial charge in [-0.1, -0.05) is 31.2 Å². The smallest absolute Gasteiger partial charge is 0.0465 e. The maximum Gasteiger partial charge on any atom is 0.0465 e. The number of hydrogen-bond acceptors (Lipinski definition) is 2. The average molecular weight is 254 g/mol. The predicted octanol–water partition coefficient (Wildman–Crippen LogP) is 4.33. The lowest BCUT2D eigenvalue weighted by Crippen LogP contribution is -2.29. The van der Waals surface area contributed by atoms with Crippen LogP contribution in [-0.4, -0.2) is 0 Å². The fourth-order valence-electron chi connectivity index (χ4n) is 2.70. The van der Waals surface area contributed by atoms with Crippen molar-refractivity contribution < 1.29 is 0 Å². The lowest BCUT2D eigenvalue weighted by Gasteiger charge is -2.36. The highest BCUT2D eigenvalue weighted by Crippen LogP contribution is 2.37. The molecule has 2 rings (SSSR count). The Labute approximate surface area is 115 Å². The number of rotatable bonds is 2. The van der Waals surface area contributed by atoms with E-state index in [1.54, 1.807) is 0 Å². The third-order valence-electron chi connectivity index (χ3n) is 3.76. The van der Waals surface area contributed by atoms with Gasteiger partial charge >= 0.3 is 0 Å². The molecule has 2 heteroatoms. The van der Waals surface area contributed by atoms with Crippen LogP contribution >= 0.6 is 0 Å². The number of hydrogen-bond donors (Lipinski definition) is 1. The highest BCUT2D eigenvalue weighted by Gasteiger charge is 2.25. The average Bonchev–Trinajstić information content (AvgIpc) is 2.45. The molecule has 19 heavy (non-hydrogen) atoms. The molecule has 0 amide bonds. The Kier molecular flexibility index (Phi) is 3.79. The van der Waals surface area contributed by atoms with Crippen molar-refractivity contribution in [3.8, 4) is 0 Å². The quantitative estimate of drug-likeness (QED) is 0.851. The summed E-state index contributed by atoms with van der Waals surface area (Å²) in [5, 5.41) is 0. The second-order valence-corrected chi connectivity index (χ2v) is 4.81. The molecule has 1 aliphatic heterocycles. The maximum absolute atomic E-state index is 6.25. The van der Waals surface area contributed by atoms with E-state index in [1.807, 2.05) is 6.07 Å². The summed E-state index contributed by atoms with van der Waals surface area (Å²) in [6.45, 7) is 8.45. The molecule has 0 aliphatic carbocycles. The van der Waals surface area contributed by atoms with Crippen LogP contribution in [0.15, 0.2) is 64.6 Å². The van der Waals surface area contributed by atoms with Gasteiger partial charge in [0.15, 0.2) is 0 Å². The molecule has 0 saturated carbocycles. The van der Waals surface area contributed by atoms with Gasteiger partial charge in [-0.3, -0.25) is 0 Å². The Morgan fingerprint density at radius 1 is 1.11 bits per heavy atom. The summed E-state index contributed by atoms with van der Waals surface area (Å²) < 4.78 is 0. The first kappa shape index (κ1) is 13.5. The normalized spacial score (nSPS) is 18.5. The summed E-state index contributed by atoms with van der Waals surface area (Å²) in [7, 11) is 0. The minimum absolute atomic E-state index is 0.914. The number of para-hydroxylation sites is 1. The Morgan fingerprint density at radius 3 is 2.26 bits per heavy atom. The first-order chi connectivity index (χ1) is 9.11. The number of anilines is 1. The monoisotopic (exact) mass is 254 g/mol. The minimum atomic E-state index is 0.914.